The number of aliphatic imine (C=N–C) groups is 1. The summed E-state index contributed by atoms with van der Waals surface area (Å²) >= 11 is 0. The molecule has 0 fully saturated rings. The molecule has 6 aromatic rings. The molecule has 6 aromatic carbocycles. The number of benzene rings is 6. The Morgan fingerprint density at radius 1 is 0.524 bits per heavy atom. The first-order valence-corrected chi connectivity index (χ1v) is 14.6. The number of rotatable bonds is 4. The summed E-state index contributed by atoms with van der Waals surface area (Å²) in [4.78, 5) is 7.54. The number of hydrogen-bond acceptors (Lipinski definition) is 2. The van der Waals surface area contributed by atoms with Crippen LogP contribution in [0, 0.1) is 6.92 Å². The minimum Gasteiger partial charge on any atom is -0.317 e. The SMILES string of the molecule is Cc1ccc2c(-c3ccccc3)c3ccccc3c(-c3ccc(N4C(c5ccccc5)=NC5C=CC=CC54)cc3)c2c1. The van der Waals surface area contributed by atoms with E-state index in [1.54, 1.807) is 0 Å². The molecule has 0 saturated carbocycles. The van der Waals surface area contributed by atoms with Crippen LogP contribution >= 0.6 is 0 Å². The maximum atomic E-state index is 5.15. The second kappa shape index (κ2) is 10.0. The molecule has 1 heterocycles. The average molecular weight is 539 g/mol. The Morgan fingerprint density at radius 3 is 1.81 bits per heavy atom. The van der Waals surface area contributed by atoms with Gasteiger partial charge in [0, 0.05) is 11.3 Å². The summed E-state index contributed by atoms with van der Waals surface area (Å²) in [6.45, 7) is 2.18. The van der Waals surface area contributed by atoms with Gasteiger partial charge in [0.1, 0.15) is 5.84 Å². The van der Waals surface area contributed by atoms with E-state index in [0.29, 0.717) is 0 Å². The highest BCUT2D eigenvalue weighted by Crippen LogP contribution is 2.44. The third kappa shape index (κ3) is 3.99. The standard InChI is InChI=1S/C40H30N2/c1-27-20-25-34-35(26-27)39(33-17-9-8-16-32(33)38(34)28-12-4-2-5-13-28)29-21-23-31(24-22-29)42-37-19-11-10-18-36(37)41-40(42)30-14-6-3-7-15-30/h2-26,36-37H,1H3. The van der Waals surface area contributed by atoms with Crippen LogP contribution in [-0.4, -0.2) is 17.9 Å². The minimum absolute atomic E-state index is 0.117. The van der Waals surface area contributed by atoms with Crippen molar-refractivity contribution < 1.29 is 0 Å². The molecule has 0 radical (unpaired) electrons. The predicted molar refractivity (Wildman–Crippen MR) is 178 cm³/mol. The molecule has 2 atom stereocenters. The van der Waals surface area contributed by atoms with Crippen molar-refractivity contribution in [1.82, 2.24) is 0 Å². The van der Waals surface area contributed by atoms with E-state index in [1.807, 2.05) is 0 Å². The fourth-order valence-corrected chi connectivity index (χ4v) is 6.69. The van der Waals surface area contributed by atoms with Crippen molar-refractivity contribution in [2.75, 3.05) is 4.90 Å². The molecule has 0 N–H and O–H groups in total. The molecule has 42 heavy (non-hydrogen) atoms. The number of fused-ring (bicyclic) bond motifs is 3. The summed E-state index contributed by atoms with van der Waals surface area (Å²) in [5.74, 6) is 1.02. The Morgan fingerprint density at radius 2 is 1.10 bits per heavy atom. The van der Waals surface area contributed by atoms with Gasteiger partial charge < -0.3 is 4.90 Å². The number of allylic oxidation sites excluding steroid dienone is 2. The molecular formula is C40H30N2. The summed E-state index contributed by atoms with van der Waals surface area (Å²) in [5.41, 5.74) is 8.60. The van der Waals surface area contributed by atoms with Crippen LogP contribution in [0.25, 0.3) is 43.8 Å². The molecular weight excluding hydrogens is 508 g/mol. The van der Waals surface area contributed by atoms with Gasteiger partial charge in [-0.25, -0.2) is 0 Å². The second-order valence-corrected chi connectivity index (χ2v) is 11.2. The first-order valence-electron chi connectivity index (χ1n) is 14.6. The number of amidine groups is 1. The maximum absolute atomic E-state index is 5.15. The van der Waals surface area contributed by atoms with E-state index < -0.39 is 0 Å². The number of aryl methyl sites for hydroxylation is 1. The van der Waals surface area contributed by atoms with Gasteiger partial charge in [0.05, 0.1) is 12.1 Å². The molecule has 0 aromatic heterocycles. The molecule has 2 unspecified atom stereocenters. The quantitative estimate of drug-likeness (QED) is 0.204. The molecule has 0 bridgehead atoms. The topological polar surface area (TPSA) is 15.6 Å². The van der Waals surface area contributed by atoms with Crippen LogP contribution in [-0.2, 0) is 0 Å². The molecule has 0 spiro atoms. The molecule has 2 heteroatoms. The first-order chi connectivity index (χ1) is 20.8. The van der Waals surface area contributed by atoms with Crippen molar-refractivity contribution >= 4 is 33.1 Å². The fraction of sp³-hybridized carbons (Fsp3) is 0.0750. The lowest BCUT2D eigenvalue weighted by molar-refractivity contribution is 0.739. The van der Waals surface area contributed by atoms with Gasteiger partial charge in [-0.2, -0.15) is 0 Å². The highest BCUT2D eigenvalue weighted by Gasteiger charge is 2.35. The van der Waals surface area contributed by atoms with Crippen LogP contribution in [0.5, 0.6) is 0 Å². The van der Waals surface area contributed by atoms with Gasteiger partial charge in [-0.05, 0) is 62.9 Å². The van der Waals surface area contributed by atoms with Crippen LogP contribution in [0.1, 0.15) is 11.1 Å². The Labute approximate surface area is 246 Å². The van der Waals surface area contributed by atoms with E-state index in [0.717, 1.165) is 17.1 Å². The molecule has 8 rings (SSSR count). The van der Waals surface area contributed by atoms with Crippen molar-refractivity contribution in [2.45, 2.75) is 19.0 Å². The van der Waals surface area contributed by atoms with Gasteiger partial charge >= 0.3 is 0 Å². The van der Waals surface area contributed by atoms with Gasteiger partial charge in [-0.3, -0.25) is 4.99 Å². The lowest BCUT2D eigenvalue weighted by Gasteiger charge is -2.29. The summed E-state index contributed by atoms with van der Waals surface area (Å²) in [6, 6.07) is 46.5. The Balaban J connectivity index is 1.31. The van der Waals surface area contributed by atoms with Gasteiger partial charge in [-0.15, -0.1) is 0 Å². The summed E-state index contributed by atoms with van der Waals surface area (Å²) < 4.78 is 0. The van der Waals surface area contributed by atoms with E-state index in [4.69, 9.17) is 4.99 Å². The van der Waals surface area contributed by atoms with Crippen LogP contribution in [0.2, 0.25) is 0 Å². The summed E-state index contributed by atoms with van der Waals surface area (Å²) in [6.07, 6.45) is 8.72. The highest BCUT2D eigenvalue weighted by atomic mass is 15.3. The van der Waals surface area contributed by atoms with Gasteiger partial charge in [0.25, 0.3) is 0 Å². The van der Waals surface area contributed by atoms with Gasteiger partial charge in [0.15, 0.2) is 0 Å². The van der Waals surface area contributed by atoms with Crippen molar-refractivity contribution in [2.24, 2.45) is 4.99 Å². The molecule has 0 saturated heterocycles. The third-order valence-corrected chi connectivity index (χ3v) is 8.58. The monoisotopic (exact) mass is 538 g/mol. The van der Waals surface area contributed by atoms with Crippen molar-refractivity contribution in [3.8, 4) is 22.3 Å². The zero-order valence-electron chi connectivity index (χ0n) is 23.5. The van der Waals surface area contributed by atoms with E-state index in [2.05, 4.69) is 164 Å². The highest BCUT2D eigenvalue weighted by molar-refractivity contribution is 6.21. The smallest absolute Gasteiger partial charge is 0.136 e. The Hall–Kier alpha value is -5.21. The fourth-order valence-electron chi connectivity index (χ4n) is 6.69. The largest absolute Gasteiger partial charge is 0.317 e. The maximum Gasteiger partial charge on any atom is 0.136 e. The Bertz CT molecular complexity index is 2030. The van der Waals surface area contributed by atoms with E-state index in [9.17, 15) is 0 Å². The van der Waals surface area contributed by atoms with Gasteiger partial charge in [0.2, 0.25) is 0 Å². The normalized spacial score (nSPS) is 17.5. The number of hydrogen-bond donors (Lipinski definition) is 0. The minimum atomic E-state index is 0.117. The predicted octanol–water partition coefficient (Wildman–Crippen LogP) is 9.77. The molecule has 1 aliphatic heterocycles. The summed E-state index contributed by atoms with van der Waals surface area (Å²) in [5, 5.41) is 5.12. The lowest BCUT2D eigenvalue weighted by Crippen LogP contribution is -2.39. The van der Waals surface area contributed by atoms with Crippen LogP contribution in [0.4, 0.5) is 5.69 Å². The second-order valence-electron chi connectivity index (χ2n) is 11.2. The zero-order chi connectivity index (χ0) is 28.0. The van der Waals surface area contributed by atoms with Crippen molar-refractivity contribution in [3.05, 3.63) is 163 Å². The molecule has 2 aliphatic rings. The number of anilines is 1. The molecule has 0 amide bonds. The van der Waals surface area contributed by atoms with Crippen LogP contribution in [0.3, 0.4) is 0 Å². The average Bonchev–Trinajstić information content (AvgIpc) is 3.44. The van der Waals surface area contributed by atoms with E-state index in [1.165, 1.54) is 49.4 Å². The molecule has 200 valence electrons. The zero-order valence-corrected chi connectivity index (χ0v) is 23.5. The van der Waals surface area contributed by atoms with Crippen molar-refractivity contribution in [1.29, 1.82) is 0 Å². The lowest BCUT2D eigenvalue weighted by atomic mass is 9.85. The number of nitrogens with zero attached hydrogens (tertiary/aromatic N) is 2. The summed E-state index contributed by atoms with van der Waals surface area (Å²) in [7, 11) is 0. The van der Waals surface area contributed by atoms with Crippen LogP contribution < -0.4 is 4.90 Å². The Kier molecular flexibility index (Phi) is 5.86. The molecule has 2 nitrogen and oxygen atoms in total. The third-order valence-electron chi connectivity index (χ3n) is 8.58. The van der Waals surface area contributed by atoms with Crippen LogP contribution in [0.15, 0.2) is 157 Å². The van der Waals surface area contributed by atoms with Gasteiger partial charge in [-0.1, -0.05) is 145 Å². The van der Waals surface area contributed by atoms with E-state index >= 15 is 0 Å². The molecule has 1 aliphatic carbocycles. The van der Waals surface area contributed by atoms with Crippen molar-refractivity contribution in [3.63, 3.8) is 0 Å². The first kappa shape index (κ1) is 24.6. The van der Waals surface area contributed by atoms with E-state index in [-0.39, 0.29) is 12.1 Å².